The van der Waals surface area contributed by atoms with Crippen LogP contribution in [0.2, 0.25) is 0 Å². The molecule has 1 aromatic carbocycles. The predicted molar refractivity (Wildman–Crippen MR) is 64.7 cm³/mol. The number of nitrogens with zero attached hydrogens (tertiary/aromatic N) is 4. The van der Waals surface area contributed by atoms with Crippen LogP contribution in [0.1, 0.15) is 26.3 Å². The number of phenols is 1. The average molecular weight is 232 g/mol. The van der Waals surface area contributed by atoms with Crippen LogP contribution < -0.4 is 0 Å². The van der Waals surface area contributed by atoms with Crippen molar-refractivity contribution in [3.8, 4) is 17.1 Å². The Labute approximate surface area is 100 Å². The van der Waals surface area contributed by atoms with Gasteiger partial charge in [0.15, 0.2) is 0 Å². The van der Waals surface area contributed by atoms with E-state index in [1.807, 2.05) is 33.8 Å². The van der Waals surface area contributed by atoms with Crippen LogP contribution in [0, 0.1) is 6.92 Å². The summed E-state index contributed by atoms with van der Waals surface area (Å²) < 4.78 is 0. The number of phenolic OH excluding ortho intramolecular Hbond substituents is 1. The maximum absolute atomic E-state index is 9.46. The molecular formula is C12H16N4O. The minimum Gasteiger partial charge on any atom is -0.508 e. The highest BCUT2D eigenvalue weighted by Crippen LogP contribution is 2.23. The van der Waals surface area contributed by atoms with Crippen molar-refractivity contribution in [1.29, 1.82) is 0 Å². The molecule has 5 nitrogen and oxygen atoms in total. The summed E-state index contributed by atoms with van der Waals surface area (Å²) in [6.07, 6.45) is 0. The summed E-state index contributed by atoms with van der Waals surface area (Å²) in [5, 5.41) is 21.9. The van der Waals surface area contributed by atoms with Gasteiger partial charge >= 0.3 is 0 Å². The normalized spacial score (nSPS) is 11.8. The molecule has 0 saturated carbocycles. The lowest BCUT2D eigenvalue weighted by molar-refractivity contribution is 0.306. The summed E-state index contributed by atoms with van der Waals surface area (Å²) in [7, 11) is 0. The monoisotopic (exact) mass is 232 g/mol. The number of rotatable bonds is 1. The fraction of sp³-hybridized carbons (Fsp3) is 0.417. The van der Waals surface area contributed by atoms with Crippen molar-refractivity contribution in [2.24, 2.45) is 0 Å². The molecule has 5 heteroatoms. The minimum atomic E-state index is -0.183. The van der Waals surface area contributed by atoms with Crippen LogP contribution in [0.5, 0.6) is 5.75 Å². The Hall–Kier alpha value is -1.91. The first-order valence-electron chi connectivity index (χ1n) is 5.48. The molecule has 1 aromatic heterocycles. The quantitative estimate of drug-likeness (QED) is 0.817. The van der Waals surface area contributed by atoms with Crippen molar-refractivity contribution < 1.29 is 5.11 Å². The molecule has 0 amide bonds. The Kier molecular flexibility index (Phi) is 2.61. The van der Waals surface area contributed by atoms with Gasteiger partial charge in [-0.1, -0.05) is 0 Å². The van der Waals surface area contributed by atoms with E-state index in [9.17, 15) is 5.11 Å². The van der Waals surface area contributed by atoms with E-state index in [0.29, 0.717) is 5.82 Å². The minimum absolute atomic E-state index is 0.183. The Morgan fingerprint density at radius 2 is 1.94 bits per heavy atom. The van der Waals surface area contributed by atoms with Crippen LogP contribution in [-0.2, 0) is 5.54 Å². The molecule has 0 spiro atoms. The van der Waals surface area contributed by atoms with E-state index >= 15 is 0 Å². The Morgan fingerprint density at radius 1 is 1.24 bits per heavy atom. The molecule has 0 aliphatic carbocycles. The third-order valence-electron chi connectivity index (χ3n) is 2.47. The van der Waals surface area contributed by atoms with E-state index < -0.39 is 0 Å². The average Bonchev–Trinajstić information content (AvgIpc) is 2.70. The van der Waals surface area contributed by atoms with Crippen molar-refractivity contribution in [3.05, 3.63) is 23.8 Å². The van der Waals surface area contributed by atoms with Gasteiger partial charge in [0.25, 0.3) is 0 Å². The largest absolute Gasteiger partial charge is 0.508 e. The molecule has 0 atom stereocenters. The molecule has 2 aromatic rings. The molecule has 0 saturated heterocycles. The van der Waals surface area contributed by atoms with Gasteiger partial charge in [-0.05, 0) is 56.7 Å². The fourth-order valence-electron chi connectivity index (χ4n) is 1.41. The highest BCUT2D eigenvalue weighted by molar-refractivity contribution is 5.57. The highest BCUT2D eigenvalue weighted by atomic mass is 16.3. The molecule has 0 fully saturated rings. The summed E-state index contributed by atoms with van der Waals surface area (Å²) in [5.74, 6) is 0.847. The van der Waals surface area contributed by atoms with Crippen molar-refractivity contribution in [2.75, 3.05) is 0 Å². The summed E-state index contributed by atoms with van der Waals surface area (Å²) in [5.41, 5.74) is 1.47. The van der Waals surface area contributed by atoms with Crippen LogP contribution >= 0.6 is 0 Å². The maximum atomic E-state index is 9.46. The highest BCUT2D eigenvalue weighted by Gasteiger charge is 2.17. The third kappa shape index (κ3) is 2.27. The SMILES string of the molecule is Cc1cc(-c2nnn(C(C)(C)C)n2)ccc1O. The van der Waals surface area contributed by atoms with Crippen molar-refractivity contribution >= 4 is 0 Å². The number of tetrazole rings is 1. The molecule has 17 heavy (non-hydrogen) atoms. The summed E-state index contributed by atoms with van der Waals surface area (Å²) in [6.45, 7) is 7.88. The summed E-state index contributed by atoms with van der Waals surface area (Å²) in [6, 6.07) is 5.27. The zero-order valence-electron chi connectivity index (χ0n) is 10.5. The van der Waals surface area contributed by atoms with Crippen LogP contribution in [0.4, 0.5) is 0 Å². The van der Waals surface area contributed by atoms with Gasteiger partial charge in [-0.15, -0.1) is 10.2 Å². The van der Waals surface area contributed by atoms with E-state index in [1.165, 1.54) is 0 Å². The molecule has 90 valence electrons. The van der Waals surface area contributed by atoms with Crippen molar-refractivity contribution in [2.45, 2.75) is 33.2 Å². The molecule has 0 unspecified atom stereocenters. The zero-order chi connectivity index (χ0) is 12.6. The molecule has 0 bridgehead atoms. The Balaban J connectivity index is 2.40. The lowest BCUT2D eigenvalue weighted by atomic mass is 10.1. The molecule has 1 N–H and O–H groups in total. The number of aromatic nitrogens is 4. The van der Waals surface area contributed by atoms with Crippen LogP contribution in [-0.4, -0.2) is 25.3 Å². The number of aryl methyl sites for hydroxylation is 1. The predicted octanol–water partition coefficient (Wildman–Crippen LogP) is 2.11. The van der Waals surface area contributed by atoms with Crippen molar-refractivity contribution in [3.63, 3.8) is 0 Å². The Bertz CT molecular complexity index is 540. The van der Waals surface area contributed by atoms with Gasteiger partial charge in [-0.2, -0.15) is 4.80 Å². The van der Waals surface area contributed by atoms with Crippen LogP contribution in [0.3, 0.4) is 0 Å². The zero-order valence-corrected chi connectivity index (χ0v) is 10.5. The number of hydrogen-bond acceptors (Lipinski definition) is 4. The van der Waals surface area contributed by atoms with Gasteiger partial charge in [0, 0.05) is 5.56 Å². The van der Waals surface area contributed by atoms with E-state index in [4.69, 9.17) is 0 Å². The van der Waals surface area contributed by atoms with Crippen LogP contribution in [0.15, 0.2) is 18.2 Å². The van der Waals surface area contributed by atoms with E-state index in [-0.39, 0.29) is 11.3 Å². The van der Waals surface area contributed by atoms with Gasteiger partial charge < -0.3 is 5.11 Å². The summed E-state index contributed by atoms with van der Waals surface area (Å²) in [4.78, 5) is 1.59. The van der Waals surface area contributed by atoms with Gasteiger partial charge in [0.2, 0.25) is 5.82 Å². The second-order valence-corrected chi connectivity index (χ2v) is 5.07. The fourth-order valence-corrected chi connectivity index (χ4v) is 1.41. The lowest BCUT2D eigenvalue weighted by Gasteiger charge is -2.15. The van der Waals surface area contributed by atoms with E-state index in [2.05, 4.69) is 15.4 Å². The smallest absolute Gasteiger partial charge is 0.204 e. The molecule has 0 aliphatic heterocycles. The van der Waals surface area contributed by atoms with Crippen molar-refractivity contribution in [1.82, 2.24) is 20.2 Å². The van der Waals surface area contributed by atoms with E-state index in [0.717, 1.165) is 11.1 Å². The first-order valence-corrected chi connectivity index (χ1v) is 5.48. The second-order valence-electron chi connectivity index (χ2n) is 5.07. The third-order valence-corrected chi connectivity index (χ3v) is 2.47. The molecule has 2 rings (SSSR count). The van der Waals surface area contributed by atoms with E-state index in [1.54, 1.807) is 16.9 Å². The summed E-state index contributed by atoms with van der Waals surface area (Å²) >= 11 is 0. The number of aromatic hydroxyl groups is 1. The lowest BCUT2D eigenvalue weighted by Crippen LogP contribution is -2.24. The number of hydrogen-bond donors (Lipinski definition) is 1. The van der Waals surface area contributed by atoms with Gasteiger partial charge in [0.05, 0.1) is 5.54 Å². The first kappa shape index (κ1) is 11.6. The standard InChI is InChI=1S/C12H16N4O/c1-8-7-9(5-6-10(8)17)11-13-15-16(14-11)12(2,3)4/h5-7,17H,1-4H3. The molecule has 0 aliphatic rings. The van der Waals surface area contributed by atoms with Gasteiger partial charge in [0.1, 0.15) is 5.75 Å². The molecule has 0 radical (unpaired) electrons. The maximum Gasteiger partial charge on any atom is 0.204 e. The molecular weight excluding hydrogens is 216 g/mol. The van der Waals surface area contributed by atoms with Crippen LogP contribution in [0.25, 0.3) is 11.4 Å². The first-order chi connectivity index (χ1) is 7.88. The Morgan fingerprint density at radius 3 is 2.47 bits per heavy atom. The second kappa shape index (κ2) is 3.84. The topological polar surface area (TPSA) is 63.8 Å². The number of benzene rings is 1. The molecule has 1 heterocycles. The van der Waals surface area contributed by atoms with Gasteiger partial charge in [-0.3, -0.25) is 0 Å². The van der Waals surface area contributed by atoms with Gasteiger partial charge in [-0.25, -0.2) is 0 Å².